The smallest absolute Gasteiger partial charge is 0.221 e. The number of nitrogens with two attached hydrogens (primary N) is 1. The van der Waals surface area contributed by atoms with Crippen LogP contribution in [0.25, 0.3) is 0 Å². The molecule has 0 aromatic carbocycles. The zero-order valence-corrected chi connectivity index (χ0v) is 9.18. The van der Waals surface area contributed by atoms with Crippen LogP contribution in [0.15, 0.2) is 0 Å². The summed E-state index contributed by atoms with van der Waals surface area (Å²) in [7, 11) is 0. The van der Waals surface area contributed by atoms with Crippen LogP contribution in [0.2, 0.25) is 0 Å². The van der Waals surface area contributed by atoms with Gasteiger partial charge in [-0.25, -0.2) is 0 Å². The summed E-state index contributed by atoms with van der Waals surface area (Å²) in [5.74, 6) is 0.0549. The average molecular weight is 186 g/mol. The van der Waals surface area contributed by atoms with Crippen LogP contribution < -0.4 is 11.1 Å². The Hall–Kier alpha value is -0.570. The number of nitrogens with one attached hydrogen (secondary N) is 1. The monoisotopic (exact) mass is 186 g/mol. The van der Waals surface area contributed by atoms with Crippen LogP contribution in [0.3, 0.4) is 0 Å². The molecule has 0 aliphatic carbocycles. The summed E-state index contributed by atoms with van der Waals surface area (Å²) in [6.07, 6.45) is 1.31. The molecule has 0 radical (unpaired) electrons. The zero-order valence-electron chi connectivity index (χ0n) is 9.18. The third-order valence-corrected chi connectivity index (χ3v) is 1.70. The predicted octanol–water partition coefficient (Wildman–Crippen LogP) is 1.28. The third kappa shape index (κ3) is 7.78. The third-order valence-electron chi connectivity index (χ3n) is 1.70. The Morgan fingerprint density at radius 3 is 2.38 bits per heavy atom. The average Bonchev–Trinajstić information content (AvgIpc) is 1.81. The molecular weight excluding hydrogens is 164 g/mol. The van der Waals surface area contributed by atoms with Gasteiger partial charge in [0.2, 0.25) is 5.91 Å². The molecule has 3 N–H and O–H groups in total. The van der Waals surface area contributed by atoms with Crippen LogP contribution in [0.4, 0.5) is 0 Å². The van der Waals surface area contributed by atoms with Crippen LogP contribution >= 0.6 is 0 Å². The van der Waals surface area contributed by atoms with Gasteiger partial charge < -0.3 is 11.1 Å². The van der Waals surface area contributed by atoms with Gasteiger partial charge in [-0.15, -0.1) is 0 Å². The van der Waals surface area contributed by atoms with Crippen LogP contribution in [0, 0.1) is 5.41 Å². The molecule has 1 atom stereocenters. The Bertz CT molecular complexity index is 161. The van der Waals surface area contributed by atoms with E-state index in [1.807, 2.05) is 6.92 Å². The highest BCUT2D eigenvalue weighted by molar-refractivity contribution is 5.76. The molecule has 0 aliphatic heterocycles. The second kappa shape index (κ2) is 5.22. The van der Waals surface area contributed by atoms with Crippen molar-refractivity contribution in [3.8, 4) is 0 Å². The van der Waals surface area contributed by atoms with Crippen molar-refractivity contribution in [3.05, 3.63) is 0 Å². The van der Waals surface area contributed by atoms with Crippen molar-refractivity contribution in [3.63, 3.8) is 0 Å². The summed E-state index contributed by atoms with van der Waals surface area (Å²) in [5, 5.41) is 2.74. The van der Waals surface area contributed by atoms with Gasteiger partial charge in [0.25, 0.3) is 0 Å². The fourth-order valence-corrected chi connectivity index (χ4v) is 1.37. The van der Waals surface area contributed by atoms with E-state index in [0.717, 1.165) is 6.42 Å². The maximum absolute atomic E-state index is 11.1. The molecule has 78 valence electrons. The van der Waals surface area contributed by atoms with Crippen molar-refractivity contribution in [1.29, 1.82) is 0 Å². The molecule has 0 aliphatic rings. The lowest BCUT2D eigenvalue weighted by molar-refractivity contribution is -0.121. The Morgan fingerprint density at radius 1 is 1.46 bits per heavy atom. The molecule has 0 aromatic heterocycles. The molecule has 0 spiro atoms. The molecule has 3 nitrogen and oxygen atoms in total. The van der Waals surface area contributed by atoms with Gasteiger partial charge in [0, 0.05) is 19.0 Å². The van der Waals surface area contributed by atoms with Crippen molar-refractivity contribution in [2.45, 2.75) is 46.6 Å². The molecule has 0 saturated carbocycles. The quantitative estimate of drug-likeness (QED) is 0.695. The first-order valence-corrected chi connectivity index (χ1v) is 4.87. The topological polar surface area (TPSA) is 55.1 Å². The molecule has 0 bridgehead atoms. The molecular formula is C10H22N2O. The summed E-state index contributed by atoms with van der Waals surface area (Å²) < 4.78 is 0. The van der Waals surface area contributed by atoms with Gasteiger partial charge in [-0.05, 0) is 18.8 Å². The van der Waals surface area contributed by atoms with Crippen LogP contribution in [0.5, 0.6) is 0 Å². The highest BCUT2D eigenvalue weighted by Gasteiger charge is 2.17. The van der Waals surface area contributed by atoms with E-state index in [2.05, 4.69) is 26.1 Å². The van der Waals surface area contributed by atoms with Gasteiger partial charge >= 0.3 is 0 Å². The minimum atomic E-state index is -0.0217. The maximum Gasteiger partial charge on any atom is 0.221 e. The van der Waals surface area contributed by atoms with Gasteiger partial charge in [-0.1, -0.05) is 20.8 Å². The number of carbonyl (C=O) groups excluding carboxylic acids is 1. The van der Waals surface area contributed by atoms with E-state index in [9.17, 15) is 4.79 Å². The van der Waals surface area contributed by atoms with E-state index in [0.29, 0.717) is 13.0 Å². The lowest BCUT2D eigenvalue weighted by Gasteiger charge is -2.22. The molecule has 0 rings (SSSR count). The molecule has 3 heteroatoms. The number of amides is 1. The van der Waals surface area contributed by atoms with Crippen LogP contribution in [-0.2, 0) is 4.79 Å². The van der Waals surface area contributed by atoms with Gasteiger partial charge in [0.15, 0.2) is 0 Å². The van der Waals surface area contributed by atoms with Gasteiger partial charge in [0.1, 0.15) is 0 Å². The molecule has 0 heterocycles. The van der Waals surface area contributed by atoms with E-state index >= 15 is 0 Å². The van der Waals surface area contributed by atoms with Gasteiger partial charge in [-0.2, -0.15) is 0 Å². The van der Waals surface area contributed by atoms with Crippen molar-refractivity contribution in [1.82, 2.24) is 5.32 Å². The van der Waals surface area contributed by atoms with Gasteiger partial charge in [-0.3, -0.25) is 4.79 Å². The largest absolute Gasteiger partial charge is 0.356 e. The maximum atomic E-state index is 11.1. The van der Waals surface area contributed by atoms with E-state index in [1.165, 1.54) is 0 Å². The second-order valence-electron chi connectivity index (χ2n) is 4.68. The first-order chi connectivity index (χ1) is 5.85. The fraction of sp³-hybridized carbons (Fsp3) is 0.900. The summed E-state index contributed by atoms with van der Waals surface area (Å²) in [4.78, 5) is 11.1. The zero-order chi connectivity index (χ0) is 10.5. The Labute approximate surface area is 81.1 Å². The second-order valence-corrected chi connectivity index (χ2v) is 4.68. The van der Waals surface area contributed by atoms with Crippen LogP contribution in [0.1, 0.15) is 40.5 Å². The molecule has 1 unspecified atom stereocenters. The summed E-state index contributed by atoms with van der Waals surface area (Å²) in [6.45, 7) is 8.98. The lowest BCUT2D eigenvalue weighted by atomic mass is 9.87. The van der Waals surface area contributed by atoms with Crippen molar-refractivity contribution in [2.24, 2.45) is 11.1 Å². The summed E-state index contributed by atoms with van der Waals surface area (Å²) in [6, 6.07) is -0.0217. The van der Waals surface area contributed by atoms with Crippen molar-refractivity contribution in [2.75, 3.05) is 6.54 Å². The summed E-state index contributed by atoms with van der Waals surface area (Å²) >= 11 is 0. The number of hydrogen-bond donors (Lipinski definition) is 2. The number of rotatable bonds is 4. The number of carbonyl (C=O) groups is 1. The first kappa shape index (κ1) is 12.4. The van der Waals surface area contributed by atoms with E-state index in [-0.39, 0.29) is 17.4 Å². The molecule has 0 fully saturated rings. The normalized spacial score (nSPS) is 13.9. The highest BCUT2D eigenvalue weighted by atomic mass is 16.1. The van der Waals surface area contributed by atoms with E-state index < -0.39 is 0 Å². The SMILES string of the molecule is CCNC(=O)CC(N)CC(C)(C)C. The first-order valence-electron chi connectivity index (χ1n) is 4.87. The molecule has 0 aromatic rings. The number of hydrogen-bond acceptors (Lipinski definition) is 2. The Balaban J connectivity index is 3.74. The summed E-state index contributed by atoms with van der Waals surface area (Å²) in [5.41, 5.74) is 6.03. The minimum Gasteiger partial charge on any atom is -0.356 e. The van der Waals surface area contributed by atoms with Gasteiger partial charge in [0.05, 0.1) is 0 Å². The van der Waals surface area contributed by atoms with Crippen molar-refractivity contribution >= 4 is 5.91 Å². The van der Waals surface area contributed by atoms with E-state index in [1.54, 1.807) is 0 Å². The standard InChI is InChI=1S/C10H22N2O/c1-5-12-9(13)6-8(11)7-10(2,3)4/h8H,5-7,11H2,1-4H3,(H,12,13). The fourth-order valence-electron chi connectivity index (χ4n) is 1.37. The molecule has 0 saturated heterocycles. The molecule has 1 amide bonds. The van der Waals surface area contributed by atoms with Crippen molar-refractivity contribution < 1.29 is 4.79 Å². The Kier molecular flexibility index (Phi) is 4.99. The van der Waals surface area contributed by atoms with E-state index in [4.69, 9.17) is 5.73 Å². The predicted molar refractivity (Wildman–Crippen MR) is 55.3 cm³/mol. The van der Waals surface area contributed by atoms with Crippen LogP contribution in [-0.4, -0.2) is 18.5 Å². The minimum absolute atomic E-state index is 0.0217. The molecule has 13 heavy (non-hydrogen) atoms. The Morgan fingerprint density at radius 2 is 2.00 bits per heavy atom. The lowest BCUT2D eigenvalue weighted by Crippen LogP contribution is -2.34. The highest BCUT2D eigenvalue weighted by Crippen LogP contribution is 2.20.